The van der Waals surface area contributed by atoms with Gasteiger partial charge in [-0.1, -0.05) is 11.6 Å². The van der Waals surface area contributed by atoms with Gasteiger partial charge < -0.3 is 0 Å². The number of hydrogen-bond acceptors (Lipinski definition) is 3. The van der Waals surface area contributed by atoms with Crippen LogP contribution >= 0.6 is 23.2 Å². The lowest BCUT2D eigenvalue weighted by molar-refractivity contribution is -0.385. The highest BCUT2D eigenvalue weighted by molar-refractivity contribution is 6.32. The minimum Gasteiger partial charge on any atom is -0.293 e. The second-order valence-corrected chi connectivity index (χ2v) is 3.18. The van der Waals surface area contributed by atoms with E-state index in [0.29, 0.717) is 0 Å². The fraction of sp³-hybridized carbons (Fsp3) is 0.125. The maximum absolute atomic E-state index is 11.2. The number of hydrogen-bond donors (Lipinski definition) is 0. The summed E-state index contributed by atoms with van der Waals surface area (Å²) in [6.45, 7) is 0. The molecule has 0 amide bonds. The molecule has 0 atom stereocenters. The third kappa shape index (κ3) is 2.21. The Morgan fingerprint density at radius 3 is 2.64 bits per heavy atom. The van der Waals surface area contributed by atoms with Crippen molar-refractivity contribution in [3.05, 3.63) is 38.9 Å². The first-order valence-corrected chi connectivity index (χ1v) is 4.50. The van der Waals surface area contributed by atoms with E-state index in [9.17, 15) is 14.9 Å². The van der Waals surface area contributed by atoms with Crippen LogP contribution in [0.5, 0.6) is 0 Å². The molecule has 74 valence electrons. The molecule has 1 aromatic rings. The van der Waals surface area contributed by atoms with Gasteiger partial charge in [0.2, 0.25) is 0 Å². The maximum atomic E-state index is 11.2. The highest BCUT2D eigenvalue weighted by Gasteiger charge is 2.19. The van der Waals surface area contributed by atoms with Crippen molar-refractivity contribution in [2.45, 2.75) is 0 Å². The second kappa shape index (κ2) is 4.39. The fourth-order valence-corrected chi connectivity index (χ4v) is 1.27. The Labute approximate surface area is 89.6 Å². The molecular formula is C8H5Cl2NO3. The number of carbonyl (C=O) groups is 1. The molecule has 0 N–H and O–H groups in total. The summed E-state index contributed by atoms with van der Waals surface area (Å²) < 4.78 is 0. The van der Waals surface area contributed by atoms with Crippen molar-refractivity contribution in [2.24, 2.45) is 0 Å². The summed E-state index contributed by atoms with van der Waals surface area (Å²) in [5.41, 5.74) is -0.336. The van der Waals surface area contributed by atoms with Crippen LogP contribution in [0, 0.1) is 10.1 Å². The van der Waals surface area contributed by atoms with Crippen molar-refractivity contribution in [1.82, 2.24) is 0 Å². The Hall–Kier alpha value is -1.13. The number of alkyl halides is 1. The van der Waals surface area contributed by atoms with Crippen LogP contribution in [0.3, 0.4) is 0 Å². The molecule has 4 nitrogen and oxygen atoms in total. The molecule has 0 heterocycles. The quantitative estimate of drug-likeness (QED) is 0.349. The summed E-state index contributed by atoms with van der Waals surface area (Å²) >= 11 is 10.9. The highest BCUT2D eigenvalue weighted by atomic mass is 35.5. The van der Waals surface area contributed by atoms with E-state index in [-0.39, 0.29) is 22.2 Å². The molecule has 14 heavy (non-hydrogen) atoms. The number of Topliss-reactive ketones (excluding diaryl/α,β-unsaturated/α-hetero) is 1. The Morgan fingerprint density at radius 2 is 2.14 bits per heavy atom. The number of carbonyl (C=O) groups excluding carboxylic acids is 1. The zero-order valence-electron chi connectivity index (χ0n) is 6.87. The summed E-state index contributed by atoms with van der Waals surface area (Å²) in [5.74, 6) is -0.780. The van der Waals surface area contributed by atoms with Gasteiger partial charge in [0.05, 0.1) is 16.4 Å². The summed E-state index contributed by atoms with van der Waals surface area (Å²) in [5, 5.41) is 10.8. The molecule has 0 aliphatic carbocycles. The van der Waals surface area contributed by atoms with E-state index in [1.54, 1.807) is 0 Å². The Bertz CT molecular complexity index is 392. The third-order valence-electron chi connectivity index (χ3n) is 1.58. The monoisotopic (exact) mass is 233 g/mol. The average molecular weight is 234 g/mol. The van der Waals surface area contributed by atoms with E-state index in [4.69, 9.17) is 23.2 Å². The van der Waals surface area contributed by atoms with Crippen LogP contribution in [0.25, 0.3) is 0 Å². The zero-order valence-corrected chi connectivity index (χ0v) is 8.38. The van der Waals surface area contributed by atoms with Gasteiger partial charge in [0.1, 0.15) is 0 Å². The maximum Gasteiger partial charge on any atom is 0.281 e. The molecule has 0 spiro atoms. The minimum atomic E-state index is -0.661. The van der Waals surface area contributed by atoms with Gasteiger partial charge in [-0.2, -0.15) is 0 Å². The molecule has 0 radical (unpaired) electrons. The van der Waals surface area contributed by atoms with E-state index in [1.165, 1.54) is 12.1 Å². The molecule has 0 bridgehead atoms. The lowest BCUT2D eigenvalue weighted by atomic mass is 10.1. The highest BCUT2D eigenvalue weighted by Crippen LogP contribution is 2.23. The minimum absolute atomic E-state index is 0.0191. The SMILES string of the molecule is O=C(CCl)c1ccc(Cl)cc1[N+](=O)[O-]. The first-order chi connectivity index (χ1) is 6.56. The van der Waals surface area contributed by atoms with Crippen molar-refractivity contribution in [3.8, 4) is 0 Å². The number of benzene rings is 1. The van der Waals surface area contributed by atoms with Crippen molar-refractivity contribution in [2.75, 3.05) is 5.88 Å². The van der Waals surface area contributed by atoms with Crippen LogP contribution in [0.2, 0.25) is 5.02 Å². The van der Waals surface area contributed by atoms with E-state index in [0.717, 1.165) is 6.07 Å². The summed E-state index contributed by atoms with van der Waals surface area (Å²) in [6, 6.07) is 3.83. The normalized spacial score (nSPS) is 9.86. The molecule has 0 unspecified atom stereocenters. The van der Waals surface area contributed by atoms with Crippen molar-refractivity contribution in [3.63, 3.8) is 0 Å². The number of ketones is 1. The predicted octanol–water partition coefficient (Wildman–Crippen LogP) is 2.67. The lowest BCUT2D eigenvalue weighted by Gasteiger charge is -1.99. The van der Waals surface area contributed by atoms with Gasteiger partial charge in [0.15, 0.2) is 5.78 Å². The number of nitrogens with zero attached hydrogens (tertiary/aromatic N) is 1. The average Bonchev–Trinajstić information content (AvgIpc) is 2.16. The number of nitro benzene ring substituents is 1. The molecule has 6 heteroatoms. The molecule has 0 aliphatic rings. The second-order valence-electron chi connectivity index (χ2n) is 2.48. The van der Waals surface area contributed by atoms with Gasteiger partial charge in [0.25, 0.3) is 5.69 Å². The van der Waals surface area contributed by atoms with Crippen molar-refractivity contribution >= 4 is 34.7 Å². The summed E-state index contributed by atoms with van der Waals surface area (Å²) in [6.07, 6.45) is 0. The number of halogens is 2. The summed E-state index contributed by atoms with van der Waals surface area (Å²) in [7, 11) is 0. The first kappa shape index (κ1) is 10.9. The van der Waals surface area contributed by atoms with Crippen molar-refractivity contribution in [1.29, 1.82) is 0 Å². The first-order valence-electron chi connectivity index (χ1n) is 3.59. The number of rotatable bonds is 3. The standard InChI is InChI=1S/C8H5Cl2NO3/c9-4-8(12)6-2-1-5(10)3-7(6)11(13)14/h1-3H,4H2. The van der Waals surface area contributed by atoms with Crippen LogP contribution in [-0.2, 0) is 0 Å². The number of nitro groups is 1. The largest absolute Gasteiger partial charge is 0.293 e. The van der Waals surface area contributed by atoms with Crippen LogP contribution in [-0.4, -0.2) is 16.6 Å². The van der Waals surface area contributed by atoms with Gasteiger partial charge in [-0.25, -0.2) is 0 Å². The van der Waals surface area contributed by atoms with Gasteiger partial charge in [-0.15, -0.1) is 11.6 Å². The van der Waals surface area contributed by atoms with Crippen LogP contribution < -0.4 is 0 Å². The zero-order chi connectivity index (χ0) is 10.7. The smallest absolute Gasteiger partial charge is 0.281 e. The Morgan fingerprint density at radius 1 is 1.50 bits per heavy atom. The van der Waals surface area contributed by atoms with Gasteiger partial charge in [0, 0.05) is 11.1 Å². The summed E-state index contributed by atoms with van der Waals surface area (Å²) in [4.78, 5) is 21.1. The van der Waals surface area contributed by atoms with Gasteiger partial charge in [-0.05, 0) is 12.1 Å². The molecule has 0 aromatic heterocycles. The Balaban J connectivity index is 3.28. The molecule has 0 saturated heterocycles. The topological polar surface area (TPSA) is 60.2 Å². The predicted molar refractivity (Wildman–Crippen MR) is 53.2 cm³/mol. The van der Waals surface area contributed by atoms with E-state index < -0.39 is 10.7 Å². The fourth-order valence-electron chi connectivity index (χ4n) is 0.964. The molecule has 0 saturated carbocycles. The molecular weight excluding hydrogens is 229 g/mol. The van der Waals surface area contributed by atoms with Gasteiger partial charge in [-0.3, -0.25) is 14.9 Å². The van der Waals surface area contributed by atoms with E-state index >= 15 is 0 Å². The van der Waals surface area contributed by atoms with Crippen LogP contribution in [0.1, 0.15) is 10.4 Å². The van der Waals surface area contributed by atoms with Crippen LogP contribution in [0.4, 0.5) is 5.69 Å². The third-order valence-corrected chi connectivity index (χ3v) is 2.06. The Kier molecular flexibility index (Phi) is 3.43. The van der Waals surface area contributed by atoms with Gasteiger partial charge >= 0.3 is 0 Å². The van der Waals surface area contributed by atoms with E-state index in [2.05, 4.69) is 0 Å². The van der Waals surface area contributed by atoms with Crippen LogP contribution in [0.15, 0.2) is 18.2 Å². The molecule has 1 aromatic carbocycles. The molecule has 0 aliphatic heterocycles. The van der Waals surface area contributed by atoms with E-state index in [1.807, 2.05) is 0 Å². The molecule has 1 rings (SSSR count). The van der Waals surface area contributed by atoms with Crippen molar-refractivity contribution < 1.29 is 9.72 Å². The molecule has 0 fully saturated rings. The lowest BCUT2D eigenvalue weighted by Crippen LogP contribution is -2.04.